The first-order chi connectivity index (χ1) is 12.6. The number of aromatic nitrogens is 2. The van der Waals surface area contributed by atoms with Crippen LogP contribution in [0, 0.1) is 11.8 Å². The van der Waals surface area contributed by atoms with Gasteiger partial charge in [0.25, 0.3) is 0 Å². The lowest BCUT2D eigenvalue weighted by atomic mass is 9.92. The van der Waals surface area contributed by atoms with Crippen LogP contribution in [-0.4, -0.2) is 39.1 Å². The minimum absolute atomic E-state index is 0.0605. The maximum absolute atomic E-state index is 13.2. The molecular formula is C19H22F3N3OS. The number of hydrogen-bond acceptors (Lipinski definition) is 4. The number of thioether (sulfide) groups is 1. The molecule has 1 amide bonds. The van der Waals surface area contributed by atoms with Crippen molar-refractivity contribution in [2.45, 2.75) is 43.6 Å². The van der Waals surface area contributed by atoms with Crippen molar-refractivity contribution in [1.82, 2.24) is 14.9 Å². The molecule has 2 heterocycles. The summed E-state index contributed by atoms with van der Waals surface area (Å²) >= 11 is 1.07. The molecular weight excluding hydrogens is 375 g/mol. The van der Waals surface area contributed by atoms with Gasteiger partial charge in [0, 0.05) is 18.5 Å². The Morgan fingerprint density at radius 2 is 1.81 bits per heavy atom. The lowest BCUT2D eigenvalue weighted by molar-refractivity contribution is -0.145. The van der Waals surface area contributed by atoms with Crippen molar-refractivity contribution < 1.29 is 18.0 Å². The van der Waals surface area contributed by atoms with Crippen molar-refractivity contribution in [1.29, 1.82) is 0 Å². The third-order valence-corrected chi connectivity index (χ3v) is 5.73. The molecule has 8 heteroatoms. The fourth-order valence-electron chi connectivity index (χ4n) is 3.58. The summed E-state index contributed by atoms with van der Waals surface area (Å²) in [5, 5.41) is 0.185. The molecule has 3 atom stereocenters. The number of nitrogens with zero attached hydrogens (tertiary/aromatic N) is 3. The molecule has 1 aliphatic rings. The van der Waals surface area contributed by atoms with E-state index in [1.807, 2.05) is 4.90 Å². The van der Waals surface area contributed by atoms with Gasteiger partial charge in [-0.25, -0.2) is 9.97 Å². The molecule has 1 aromatic heterocycles. The highest BCUT2D eigenvalue weighted by Gasteiger charge is 2.36. The van der Waals surface area contributed by atoms with Gasteiger partial charge in [-0.3, -0.25) is 4.79 Å². The van der Waals surface area contributed by atoms with E-state index in [1.54, 1.807) is 25.1 Å². The van der Waals surface area contributed by atoms with Crippen LogP contribution in [0.5, 0.6) is 0 Å². The molecule has 1 fully saturated rings. The number of carbonyl (C=O) groups excluding carboxylic acids is 1. The van der Waals surface area contributed by atoms with Crippen LogP contribution in [0.4, 0.5) is 13.2 Å². The normalized spacial score (nSPS) is 22.1. The summed E-state index contributed by atoms with van der Waals surface area (Å²) in [6, 6.07) is 6.56. The van der Waals surface area contributed by atoms with Gasteiger partial charge in [0.2, 0.25) is 11.7 Å². The Bertz CT molecular complexity index is 833. The Kier molecular flexibility index (Phi) is 5.65. The number of fused-ring (bicyclic) bond motifs is 1. The molecule has 0 spiro atoms. The Morgan fingerprint density at radius 1 is 1.19 bits per heavy atom. The van der Waals surface area contributed by atoms with Gasteiger partial charge in [-0.05, 0) is 31.2 Å². The zero-order chi connectivity index (χ0) is 19.8. The fourth-order valence-corrected chi connectivity index (χ4v) is 4.61. The third-order valence-electron chi connectivity index (χ3n) is 4.64. The number of alkyl halides is 3. The summed E-state index contributed by atoms with van der Waals surface area (Å²) in [5.74, 6) is -0.392. The monoisotopic (exact) mass is 397 g/mol. The first kappa shape index (κ1) is 19.9. The van der Waals surface area contributed by atoms with Crippen molar-refractivity contribution in [2.24, 2.45) is 11.8 Å². The highest BCUT2D eigenvalue weighted by Crippen LogP contribution is 2.34. The standard InChI is InChI=1S/C19H22F3N3OS/c1-11-8-12(2)10-25(9-11)17(26)13(3)27-16-14-6-4-5-7-15(14)23-18(24-16)19(20,21)22/h4-7,11-13H,8-10H2,1-3H3/t11-,12-,13-/m1/s1. The second kappa shape index (κ2) is 7.66. The number of piperidine rings is 1. The van der Waals surface area contributed by atoms with Crippen molar-refractivity contribution >= 4 is 28.6 Å². The van der Waals surface area contributed by atoms with Crippen LogP contribution in [-0.2, 0) is 11.0 Å². The number of carbonyl (C=O) groups is 1. The number of halogens is 3. The van der Waals surface area contributed by atoms with E-state index >= 15 is 0 Å². The van der Waals surface area contributed by atoms with Gasteiger partial charge in [0.05, 0.1) is 10.8 Å². The van der Waals surface area contributed by atoms with E-state index in [-0.39, 0.29) is 16.4 Å². The van der Waals surface area contributed by atoms with Gasteiger partial charge in [-0.2, -0.15) is 13.2 Å². The molecule has 146 valence electrons. The molecule has 3 rings (SSSR count). The summed E-state index contributed by atoms with van der Waals surface area (Å²) in [6.45, 7) is 7.32. The molecule has 0 saturated carbocycles. The van der Waals surface area contributed by atoms with E-state index in [0.717, 1.165) is 18.2 Å². The molecule has 1 aromatic carbocycles. The van der Waals surface area contributed by atoms with E-state index in [4.69, 9.17) is 0 Å². The van der Waals surface area contributed by atoms with Gasteiger partial charge in [-0.1, -0.05) is 43.8 Å². The molecule has 0 N–H and O–H groups in total. The highest BCUT2D eigenvalue weighted by atomic mass is 32.2. The molecule has 4 nitrogen and oxygen atoms in total. The highest BCUT2D eigenvalue weighted by molar-refractivity contribution is 8.00. The molecule has 0 bridgehead atoms. The molecule has 27 heavy (non-hydrogen) atoms. The van der Waals surface area contributed by atoms with Crippen LogP contribution in [0.15, 0.2) is 29.3 Å². The first-order valence-corrected chi connectivity index (χ1v) is 9.82. The van der Waals surface area contributed by atoms with Crippen molar-refractivity contribution in [3.63, 3.8) is 0 Å². The smallest absolute Gasteiger partial charge is 0.341 e. The second-order valence-electron chi connectivity index (χ2n) is 7.32. The van der Waals surface area contributed by atoms with E-state index in [0.29, 0.717) is 30.3 Å². The Balaban J connectivity index is 1.88. The SMILES string of the molecule is C[C@@H]1C[C@@H](C)CN(C(=O)[C@@H](C)Sc2nc(C(F)(F)F)nc3ccccc23)C1. The first-order valence-electron chi connectivity index (χ1n) is 8.94. The van der Waals surface area contributed by atoms with E-state index < -0.39 is 17.3 Å². The number of hydrogen-bond donors (Lipinski definition) is 0. The lowest BCUT2D eigenvalue weighted by Crippen LogP contribution is -2.45. The molecule has 0 unspecified atom stereocenters. The number of likely N-dealkylation sites (tertiary alicyclic amines) is 1. The zero-order valence-corrected chi connectivity index (χ0v) is 16.3. The maximum atomic E-state index is 13.2. The Morgan fingerprint density at radius 3 is 2.44 bits per heavy atom. The molecule has 0 radical (unpaired) electrons. The van der Waals surface area contributed by atoms with Gasteiger partial charge in [0.1, 0.15) is 5.03 Å². The number of benzene rings is 1. The van der Waals surface area contributed by atoms with Crippen LogP contribution in [0.2, 0.25) is 0 Å². The van der Waals surface area contributed by atoms with Crippen LogP contribution in [0.1, 0.15) is 33.0 Å². The summed E-state index contributed by atoms with van der Waals surface area (Å²) in [5.41, 5.74) is 0.224. The third kappa shape index (κ3) is 4.54. The van der Waals surface area contributed by atoms with E-state index in [1.165, 1.54) is 6.07 Å². The van der Waals surface area contributed by atoms with Gasteiger partial charge < -0.3 is 4.90 Å². The molecule has 1 aliphatic heterocycles. The van der Waals surface area contributed by atoms with Crippen LogP contribution >= 0.6 is 11.8 Å². The Labute approximate surface area is 160 Å². The predicted octanol–water partition coefficient (Wildman–Crippen LogP) is 4.63. The van der Waals surface area contributed by atoms with Gasteiger partial charge in [0.15, 0.2) is 0 Å². The topological polar surface area (TPSA) is 46.1 Å². The lowest BCUT2D eigenvalue weighted by Gasteiger charge is -2.36. The Hall–Kier alpha value is -1.83. The summed E-state index contributed by atoms with van der Waals surface area (Å²) in [6.07, 6.45) is -3.55. The second-order valence-corrected chi connectivity index (χ2v) is 8.65. The van der Waals surface area contributed by atoms with Crippen LogP contribution < -0.4 is 0 Å². The quantitative estimate of drug-likeness (QED) is 0.559. The van der Waals surface area contributed by atoms with Gasteiger partial charge >= 0.3 is 6.18 Å². The maximum Gasteiger partial charge on any atom is 0.451 e. The van der Waals surface area contributed by atoms with Crippen LogP contribution in [0.25, 0.3) is 10.9 Å². The van der Waals surface area contributed by atoms with Gasteiger partial charge in [-0.15, -0.1) is 0 Å². The average Bonchev–Trinajstić information content (AvgIpc) is 2.59. The fraction of sp³-hybridized carbons (Fsp3) is 0.526. The predicted molar refractivity (Wildman–Crippen MR) is 99.4 cm³/mol. The summed E-state index contributed by atoms with van der Waals surface area (Å²) in [7, 11) is 0. The van der Waals surface area contributed by atoms with Crippen molar-refractivity contribution in [3.8, 4) is 0 Å². The molecule has 2 aromatic rings. The van der Waals surface area contributed by atoms with E-state index in [2.05, 4.69) is 23.8 Å². The largest absolute Gasteiger partial charge is 0.451 e. The zero-order valence-electron chi connectivity index (χ0n) is 15.5. The molecule has 1 saturated heterocycles. The number of amides is 1. The number of para-hydroxylation sites is 1. The van der Waals surface area contributed by atoms with E-state index in [9.17, 15) is 18.0 Å². The minimum Gasteiger partial charge on any atom is -0.341 e. The van der Waals surface area contributed by atoms with Crippen molar-refractivity contribution in [3.05, 3.63) is 30.1 Å². The average molecular weight is 397 g/mol. The minimum atomic E-state index is -4.63. The summed E-state index contributed by atoms with van der Waals surface area (Å²) in [4.78, 5) is 22.0. The van der Waals surface area contributed by atoms with Crippen LogP contribution in [0.3, 0.4) is 0 Å². The number of rotatable bonds is 3. The van der Waals surface area contributed by atoms with Crippen molar-refractivity contribution in [2.75, 3.05) is 13.1 Å². The summed E-state index contributed by atoms with van der Waals surface area (Å²) < 4.78 is 39.5. The molecule has 0 aliphatic carbocycles.